The molecule has 2 N–H and O–H groups in total. The number of benzene rings is 2. The van der Waals surface area contributed by atoms with E-state index in [0.717, 1.165) is 49.2 Å². The number of carbonyl (C=O) groups is 1. The third-order valence-corrected chi connectivity index (χ3v) is 7.43. The molecule has 33 heavy (non-hydrogen) atoms. The van der Waals surface area contributed by atoms with Crippen LogP contribution in [0.4, 0.5) is 10.6 Å². The molecule has 6 heteroatoms. The van der Waals surface area contributed by atoms with Crippen molar-refractivity contribution in [1.29, 1.82) is 0 Å². The molecule has 1 spiro atoms. The largest absolute Gasteiger partial charge is 0.440 e. The predicted molar refractivity (Wildman–Crippen MR) is 128 cm³/mol. The van der Waals surface area contributed by atoms with E-state index < -0.39 is 11.1 Å². The first-order chi connectivity index (χ1) is 16.0. The van der Waals surface area contributed by atoms with Gasteiger partial charge in [0.05, 0.1) is 6.54 Å². The van der Waals surface area contributed by atoms with Gasteiger partial charge in [-0.15, -0.1) is 0 Å². The normalized spacial score (nSPS) is 22.5. The summed E-state index contributed by atoms with van der Waals surface area (Å²) in [6.45, 7) is 5.08. The van der Waals surface area contributed by atoms with E-state index in [0.29, 0.717) is 12.4 Å². The van der Waals surface area contributed by atoms with Crippen LogP contribution in [0.3, 0.4) is 0 Å². The molecular weight excluding hydrogens is 412 g/mol. The zero-order chi connectivity index (χ0) is 22.9. The lowest BCUT2D eigenvalue weighted by atomic mass is 9.70. The van der Waals surface area contributed by atoms with Crippen LogP contribution in [0.5, 0.6) is 0 Å². The average molecular weight is 443 g/mol. The number of pyridine rings is 1. The number of nitrogens with two attached hydrogens (primary N) is 1. The molecule has 2 aliphatic rings. The summed E-state index contributed by atoms with van der Waals surface area (Å²) in [6, 6.07) is 24.4. The molecule has 0 radical (unpaired) electrons. The molecule has 6 nitrogen and oxygen atoms in total. The van der Waals surface area contributed by atoms with Gasteiger partial charge >= 0.3 is 6.09 Å². The minimum atomic E-state index is -0.586. The SMILES string of the molecule is CC1(c2ccccc2)N(Cc2ccccc2)C(=O)OC12CCN(Cc1cccnc1N)CC2. The fourth-order valence-electron chi connectivity index (χ4n) is 5.41. The molecule has 2 saturated heterocycles. The van der Waals surface area contributed by atoms with Crippen LogP contribution in [0.2, 0.25) is 0 Å². The minimum Gasteiger partial charge on any atom is -0.440 e. The molecule has 170 valence electrons. The van der Waals surface area contributed by atoms with Gasteiger partial charge in [-0.2, -0.15) is 0 Å². The molecule has 2 fully saturated rings. The van der Waals surface area contributed by atoms with Crippen LogP contribution in [0.15, 0.2) is 79.0 Å². The van der Waals surface area contributed by atoms with Crippen LogP contribution < -0.4 is 5.73 Å². The molecule has 1 unspecified atom stereocenters. The van der Waals surface area contributed by atoms with Gasteiger partial charge in [-0.05, 0) is 24.1 Å². The van der Waals surface area contributed by atoms with Gasteiger partial charge in [0, 0.05) is 44.2 Å². The molecule has 0 bridgehead atoms. The highest BCUT2D eigenvalue weighted by Crippen LogP contribution is 2.52. The van der Waals surface area contributed by atoms with E-state index in [1.54, 1.807) is 6.20 Å². The van der Waals surface area contributed by atoms with E-state index >= 15 is 0 Å². The number of hydrogen-bond donors (Lipinski definition) is 1. The Labute approximate surface area is 195 Å². The molecule has 0 aliphatic carbocycles. The topological polar surface area (TPSA) is 71.7 Å². The maximum atomic E-state index is 13.3. The van der Waals surface area contributed by atoms with Crippen molar-refractivity contribution in [2.24, 2.45) is 0 Å². The smallest absolute Gasteiger partial charge is 0.411 e. The molecule has 1 amide bonds. The summed E-state index contributed by atoms with van der Waals surface area (Å²) in [4.78, 5) is 21.8. The van der Waals surface area contributed by atoms with Crippen molar-refractivity contribution >= 4 is 11.9 Å². The summed E-state index contributed by atoms with van der Waals surface area (Å²) in [5, 5.41) is 0. The van der Waals surface area contributed by atoms with Crippen molar-refractivity contribution in [3.8, 4) is 0 Å². The Balaban J connectivity index is 1.44. The lowest BCUT2D eigenvalue weighted by molar-refractivity contribution is -0.0613. The summed E-state index contributed by atoms with van der Waals surface area (Å²) in [6.07, 6.45) is 3.00. The number of hydrogen-bond acceptors (Lipinski definition) is 5. The second-order valence-corrected chi connectivity index (χ2v) is 9.20. The minimum absolute atomic E-state index is 0.241. The fraction of sp³-hybridized carbons (Fsp3) is 0.333. The lowest BCUT2D eigenvalue weighted by Crippen LogP contribution is -2.58. The van der Waals surface area contributed by atoms with Crippen molar-refractivity contribution < 1.29 is 9.53 Å². The lowest BCUT2D eigenvalue weighted by Gasteiger charge is -2.48. The molecule has 1 atom stereocenters. The Bertz CT molecular complexity index is 1110. The predicted octanol–water partition coefficient (Wildman–Crippen LogP) is 4.57. The Morgan fingerprint density at radius 1 is 0.939 bits per heavy atom. The van der Waals surface area contributed by atoms with Crippen LogP contribution in [0.25, 0.3) is 0 Å². The number of carbonyl (C=O) groups excluding carboxylic acids is 1. The molecule has 1 aromatic heterocycles. The summed E-state index contributed by atoms with van der Waals surface area (Å²) in [7, 11) is 0. The Hall–Kier alpha value is -3.38. The quantitative estimate of drug-likeness (QED) is 0.627. The van der Waals surface area contributed by atoms with E-state index in [2.05, 4.69) is 41.1 Å². The number of nitrogen functional groups attached to an aromatic ring is 1. The monoisotopic (exact) mass is 442 g/mol. The summed E-state index contributed by atoms with van der Waals surface area (Å²) < 4.78 is 6.29. The van der Waals surface area contributed by atoms with E-state index in [1.807, 2.05) is 53.4 Å². The standard InChI is InChI=1S/C27H30N4O2/c1-26(23-12-6-3-7-13-23)27(33-25(32)31(26)19-21-9-4-2-5-10-21)14-17-30(18-15-27)20-22-11-8-16-29-24(22)28/h2-13,16H,14-15,17-20H2,1H3,(H2,28,29). The highest BCUT2D eigenvalue weighted by molar-refractivity contribution is 5.73. The van der Waals surface area contributed by atoms with E-state index in [4.69, 9.17) is 10.5 Å². The summed E-state index contributed by atoms with van der Waals surface area (Å²) >= 11 is 0. The number of ether oxygens (including phenoxy) is 1. The van der Waals surface area contributed by atoms with Gasteiger partial charge in [0.2, 0.25) is 0 Å². The van der Waals surface area contributed by atoms with Crippen LogP contribution >= 0.6 is 0 Å². The maximum absolute atomic E-state index is 13.3. The van der Waals surface area contributed by atoms with Crippen molar-refractivity contribution in [3.05, 3.63) is 95.7 Å². The van der Waals surface area contributed by atoms with Crippen molar-refractivity contribution in [2.75, 3.05) is 18.8 Å². The average Bonchev–Trinajstić information content (AvgIpc) is 3.05. The van der Waals surface area contributed by atoms with Crippen molar-refractivity contribution in [1.82, 2.24) is 14.8 Å². The molecule has 5 rings (SSSR count). The van der Waals surface area contributed by atoms with E-state index in [-0.39, 0.29) is 6.09 Å². The van der Waals surface area contributed by atoms with Gasteiger partial charge in [0.25, 0.3) is 0 Å². The van der Waals surface area contributed by atoms with Crippen LogP contribution in [0, 0.1) is 0 Å². The van der Waals surface area contributed by atoms with Crippen LogP contribution in [0.1, 0.15) is 36.5 Å². The molecule has 0 saturated carbocycles. The first kappa shape index (κ1) is 21.5. The number of likely N-dealkylation sites (tertiary alicyclic amines) is 1. The fourth-order valence-corrected chi connectivity index (χ4v) is 5.41. The highest BCUT2D eigenvalue weighted by Gasteiger charge is 2.63. The first-order valence-electron chi connectivity index (χ1n) is 11.5. The third kappa shape index (κ3) is 3.74. The van der Waals surface area contributed by atoms with Crippen molar-refractivity contribution in [3.63, 3.8) is 0 Å². The number of aromatic nitrogens is 1. The zero-order valence-corrected chi connectivity index (χ0v) is 19.0. The third-order valence-electron chi connectivity index (χ3n) is 7.43. The number of anilines is 1. The van der Waals surface area contributed by atoms with Gasteiger partial charge in [-0.25, -0.2) is 9.78 Å². The number of nitrogens with zero attached hydrogens (tertiary/aromatic N) is 3. The molecule has 3 aromatic rings. The zero-order valence-electron chi connectivity index (χ0n) is 19.0. The van der Waals surface area contributed by atoms with Gasteiger partial charge in [-0.3, -0.25) is 9.80 Å². The van der Waals surface area contributed by atoms with Gasteiger partial charge in [0.1, 0.15) is 17.0 Å². The second kappa shape index (κ2) is 8.52. The number of piperidine rings is 1. The van der Waals surface area contributed by atoms with Gasteiger partial charge in [0.15, 0.2) is 0 Å². The molecule has 3 heterocycles. The molecule has 2 aromatic carbocycles. The number of rotatable bonds is 5. The maximum Gasteiger partial charge on any atom is 0.411 e. The van der Waals surface area contributed by atoms with Gasteiger partial charge in [-0.1, -0.05) is 66.7 Å². The Morgan fingerprint density at radius 2 is 1.61 bits per heavy atom. The second-order valence-electron chi connectivity index (χ2n) is 9.20. The highest BCUT2D eigenvalue weighted by atomic mass is 16.6. The van der Waals surface area contributed by atoms with E-state index in [1.165, 1.54) is 0 Å². The Kier molecular flexibility index (Phi) is 5.54. The first-order valence-corrected chi connectivity index (χ1v) is 11.5. The summed E-state index contributed by atoms with van der Waals surface area (Å²) in [5.41, 5.74) is 8.15. The van der Waals surface area contributed by atoms with Gasteiger partial charge < -0.3 is 10.5 Å². The number of amides is 1. The van der Waals surface area contributed by atoms with E-state index in [9.17, 15) is 4.79 Å². The molecular formula is C27H30N4O2. The Morgan fingerprint density at radius 3 is 2.27 bits per heavy atom. The van der Waals surface area contributed by atoms with Crippen LogP contribution in [-0.4, -0.2) is 39.6 Å². The van der Waals surface area contributed by atoms with Crippen molar-refractivity contribution in [2.45, 2.75) is 44.0 Å². The van der Waals surface area contributed by atoms with Crippen LogP contribution in [-0.2, 0) is 23.4 Å². The summed E-state index contributed by atoms with van der Waals surface area (Å²) in [5.74, 6) is 0.577. The molecule has 2 aliphatic heterocycles.